The molecule has 1 aliphatic carbocycles. The Morgan fingerprint density at radius 2 is 2.05 bits per heavy atom. The first-order chi connectivity index (χ1) is 9.88. The maximum atomic E-state index is 11.3. The number of carbonyl (C=O) groups excluding carboxylic acids is 1. The van der Waals surface area contributed by atoms with Crippen LogP contribution >= 0.6 is 11.8 Å². The molecular weight excluding hydrogens is 282 g/mol. The Balaban J connectivity index is 2.54. The lowest BCUT2D eigenvalue weighted by Crippen LogP contribution is -2.45. The van der Waals surface area contributed by atoms with Gasteiger partial charge in [0.1, 0.15) is 0 Å². The standard InChI is InChI=1S/C17H33NO2S/c1-6-10-18-14-8-7-13(17(2,3)4)12-15(14)21-11-9-16(19)20-5/h13-15,18H,6-12H2,1-5H3. The maximum Gasteiger partial charge on any atom is 0.306 e. The van der Waals surface area contributed by atoms with Crippen LogP contribution < -0.4 is 5.32 Å². The summed E-state index contributed by atoms with van der Waals surface area (Å²) in [5.74, 6) is 1.56. The third-order valence-electron chi connectivity index (χ3n) is 4.54. The molecule has 0 heterocycles. The van der Waals surface area contributed by atoms with Crippen molar-refractivity contribution in [3.63, 3.8) is 0 Å². The van der Waals surface area contributed by atoms with Crippen molar-refractivity contribution in [3.05, 3.63) is 0 Å². The molecule has 0 spiro atoms. The monoisotopic (exact) mass is 315 g/mol. The Bertz CT molecular complexity index is 314. The number of nitrogens with one attached hydrogen (secondary N) is 1. The molecule has 0 aromatic rings. The van der Waals surface area contributed by atoms with Gasteiger partial charge in [-0.1, -0.05) is 27.7 Å². The van der Waals surface area contributed by atoms with Gasteiger partial charge in [-0.15, -0.1) is 0 Å². The van der Waals surface area contributed by atoms with Crippen LogP contribution in [0.4, 0.5) is 0 Å². The van der Waals surface area contributed by atoms with Gasteiger partial charge in [0.25, 0.3) is 0 Å². The number of hydrogen-bond donors (Lipinski definition) is 1. The molecule has 0 radical (unpaired) electrons. The highest BCUT2D eigenvalue weighted by atomic mass is 32.2. The van der Waals surface area contributed by atoms with Gasteiger partial charge in [-0.3, -0.25) is 4.79 Å². The van der Waals surface area contributed by atoms with Crippen LogP contribution in [-0.4, -0.2) is 36.7 Å². The zero-order valence-electron chi connectivity index (χ0n) is 14.4. The molecule has 21 heavy (non-hydrogen) atoms. The van der Waals surface area contributed by atoms with Crippen molar-refractivity contribution < 1.29 is 9.53 Å². The van der Waals surface area contributed by atoms with Crippen molar-refractivity contribution in [3.8, 4) is 0 Å². The number of thioether (sulfide) groups is 1. The quantitative estimate of drug-likeness (QED) is 0.724. The van der Waals surface area contributed by atoms with Gasteiger partial charge < -0.3 is 10.1 Å². The molecule has 1 aliphatic rings. The maximum absolute atomic E-state index is 11.3. The fourth-order valence-electron chi connectivity index (χ4n) is 3.06. The average Bonchev–Trinajstić information content (AvgIpc) is 2.44. The molecule has 1 saturated carbocycles. The third-order valence-corrected chi connectivity index (χ3v) is 5.93. The van der Waals surface area contributed by atoms with Crippen LogP contribution in [0, 0.1) is 11.3 Å². The summed E-state index contributed by atoms with van der Waals surface area (Å²) in [4.78, 5) is 11.3. The van der Waals surface area contributed by atoms with Gasteiger partial charge in [-0.2, -0.15) is 11.8 Å². The summed E-state index contributed by atoms with van der Waals surface area (Å²) < 4.78 is 4.74. The van der Waals surface area contributed by atoms with E-state index >= 15 is 0 Å². The zero-order valence-corrected chi connectivity index (χ0v) is 15.2. The van der Waals surface area contributed by atoms with Crippen molar-refractivity contribution in [2.24, 2.45) is 11.3 Å². The largest absolute Gasteiger partial charge is 0.469 e. The number of hydrogen-bond acceptors (Lipinski definition) is 4. The van der Waals surface area contributed by atoms with Gasteiger partial charge in [0, 0.05) is 17.0 Å². The molecule has 3 atom stereocenters. The first kappa shape index (κ1) is 18.8. The summed E-state index contributed by atoms with van der Waals surface area (Å²) >= 11 is 1.96. The van der Waals surface area contributed by atoms with E-state index < -0.39 is 0 Å². The first-order valence-corrected chi connectivity index (χ1v) is 9.35. The molecule has 3 unspecified atom stereocenters. The van der Waals surface area contributed by atoms with Crippen molar-refractivity contribution in [2.45, 2.75) is 71.1 Å². The third kappa shape index (κ3) is 6.60. The summed E-state index contributed by atoms with van der Waals surface area (Å²) in [6, 6.07) is 0.603. The number of rotatable bonds is 7. The molecule has 124 valence electrons. The summed E-state index contributed by atoms with van der Waals surface area (Å²) in [5.41, 5.74) is 0.386. The van der Waals surface area contributed by atoms with Gasteiger partial charge in [-0.05, 0) is 43.6 Å². The number of carbonyl (C=O) groups is 1. The lowest BCUT2D eigenvalue weighted by Gasteiger charge is -2.42. The second-order valence-electron chi connectivity index (χ2n) is 7.17. The summed E-state index contributed by atoms with van der Waals surface area (Å²) in [5, 5.41) is 4.33. The zero-order chi connectivity index (χ0) is 15.9. The summed E-state index contributed by atoms with van der Waals surface area (Å²) in [6.07, 6.45) is 5.55. The molecule has 1 rings (SSSR count). The minimum Gasteiger partial charge on any atom is -0.469 e. The van der Waals surface area contributed by atoms with Crippen LogP contribution in [-0.2, 0) is 9.53 Å². The van der Waals surface area contributed by atoms with Crippen molar-refractivity contribution in [1.29, 1.82) is 0 Å². The second-order valence-corrected chi connectivity index (χ2v) is 8.52. The van der Waals surface area contributed by atoms with E-state index in [4.69, 9.17) is 4.74 Å². The molecule has 0 aromatic heterocycles. The predicted octanol–water partition coefficient (Wildman–Crippen LogP) is 3.87. The Morgan fingerprint density at radius 3 is 2.62 bits per heavy atom. The Morgan fingerprint density at radius 1 is 1.33 bits per heavy atom. The molecule has 0 aromatic carbocycles. The van der Waals surface area contributed by atoms with E-state index in [1.165, 1.54) is 32.8 Å². The summed E-state index contributed by atoms with van der Waals surface area (Å²) in [7, 11) is 1.47. The van der Waals surface area contributed by atoms with Gasteiger partial charge in [0.15, 0.2) is 0 Å². The fourth-order valence-corrected chi connectivity index (χ4v) is 4.48. The lowest BCUT2D eigenvalue weighted by atomic mass is 9.71. The SMILES string of the molecule is CCCNC1CCC(C(C)(C)C)CC1SCCC(=O)OC. The van der Waals surface area contributed by atoms with Crippen LogP contribution in [0.2, 0.25) is 0 Å². The van der Waals surface area contributed by atoms with Gasteiger partial charge in [-0.25, -0.2) is 0 Å². The number of esters is 1. The molecule has 3 nitrogen and oxygen atoms in total. The highest BCUT2D eigenvalue weighted by Gasteiger charge is 2.35. The van der Waals surface area contributed by atoms with E-state index in [9.17, 15) is 4.79 Å². The average molecular weight is 316 g/mol. The Labute approximate surface area is 135 Å². The molecule has 0 aliphatic heterocycles. The molecule has 0 bridgehead atoms. The fraction of sp³-hybridized carbons (Fsp3) is 0.941. The molecule has 1 fully saturated rings. The molecule has 0 amide bonds. The van der Waals surface area contributed by atoms with E-state index in [0.29, 0.717) is 23.1 Å². The van der Waals surface area contributed by atoms with Crippen molar-refractivity contribution in [2.75, 3.05) is 19.4 Å². The molecule has 4 heteroatoms. The van der Waals surface area contributed by atoms with Gasteiger partial charge in [0.05, 0.1) is 13.5 Å². The topological polar surface area (TPSA) is 38.3 Å². The highest BCUT2D eigenvalue weighted by molar-refractivity contribution is 7.99. The second kappa shape index (κ2) is 9.04. The van der Waals surface area contributed by atoms with Crippen LogP contribution in [0.5, 0.6) is 0 Å². The van der Waals surface area contributed by atoms with E-state index in [1.807, 2.05) is 11.8 Å². The van der Waals surface area contributed by atoms with Crippen LogP contribution in [0.25, 0.3) is 0 Å². The first-order valence-electron chi connectivity index (χ1n) is 8.30. The minimum absolute atomic E-state index is 0.0938. The Hall–Kier alpha value is -0.220. The minimum atomic E-state index is -0.0938. The Kier molecular flexibility index (Phi) is 8.10. The number of methoxy groups -OCH3 is 1. The predicted molar refractivity (Wildman–Crippen MR) is 91.8 cm³/mol. The number of ether oxygens (including phenoxy) is 1. The van der Waals surface area contributed by atoms with E-state index in [0.717, 1.165) is 18.2 Å². The van der Waals surface area contributed by atoms with Gasteiger partial charge >= 0.3 is 5.97 Å². The normalized spacial score (nSPS) is 26.6. The molecular formula is C17H33NO2S. The smallest absolute Gasteiger partial charge is 0.306 e. The lowest BCUT2D eigenvalue weighted by molar-refractivity contribution is -0.140. The molecule has 0 saturated heterocycles. The van der Waals surface area contributed by atoms with Crippen molar-refractivity contribution in [1.82, 2.24) is 5.32 Å². The van der Waals surface area contributed by atoms with Crippen LogP contribution in [0.1, 0.15) is 59.8 Å². The van der Waals surface area contributed by atoms with Crippen molar-refractivity contribution >= 4 is 17.7 Å². The van der Waals surface area contributed by atoms with Gasteiger partial charge in [0.2, 0.25) is 0 Å². The molecule has 1 N–H and O–H groups in total. The van der Waals surface area contributed by atoms with E-state index in [2.05, 4.69) is 33.0 Å². The van der Waals surface area contributed by atoms with E-state index in [-0.39, 0.29) is 5.97 Å². The van der Waals surface area contributed by atoms with Crippen LogP contribution in [0.3, 0.4) is 0 Å². The van der Waals surface area contributed by atoms with Crippen LogP contribution in [0.15, 0.2) is 0 Å². The highest BCUT2D eigenvalue weighted by Crippen LogP contribution is 2.41. The van der Waals surface area contributed by atoms with E-state index in [1.54, 1.807) is 0 Å². The summed E-state index contributed by atoms with van der Waals surface area (Å²) in [6.45, 7) is 10.4.